The molecule has 1 amide bonds. The zero-order valence-corrected chi connectivity index (χ0v) is 17.0. The van der Waals surface area contributed by atoms with Gasteiger partial charge in [0.05, 0.1) is 22.6 Å². The van der Waals surface area contributed by atoms with E-state index in [1.54, 1.807) is 40.5 Å². The lowest BCUT2D eigenvalue weighted by molar-refractivity contribution is -0.115. The second-order valence-corrected chi connectivity index (χ2v) is 7.22. The summed E-state index contributed by atoms with van der Waals surface area (Å²) in [6, 6.07) is 18.1. The number of thiazole rings is 1. The number of amides is 1. The van der Waals surface area contributed by atoms with E-state index >= 15 is 0 Å². The molecule has 8 heteroatoms. The predicted octanol–water partition coefficient (Wildman–Crippen LogP) is 4.37. The van der Waals surface area contributed by atoms with E-state index < -0.39 is 5.97 Å². The maximum absolute atomic E-state index is 12.4. The molecule has 2 heterocycles. The lowest BCUT2D eigenvalue weighted by Crippen LogP contribution is -2.22. The summed E-state index contributed by atoms with van der Waals surface area (Å²) in [6.45, 7) is 1.51. The molecule has 0 spiro atoms. The molecule has 2 aromatic carbocycles. The zero-order valence-electron chi connectivity index (χ0n) is 16.1. The van der Waals surface area contributed by atoms with E-state index in [9.17, 15) is 9.59 Å². The predicted molar refractivity (Wildman–Crippen MR) is 114 cm³/mol. The SMILES string of the molecule is CC(=O)N(c1ccccc1)c1nc(COC(=O)c2ccc(-n3cccn3)cc2)cs1. The van der Waals surface area contributed by atoms with Gasteiger partial charge < -0.3 is 4.74 Å². The number of hydrogen-bond acceptors (Lipinski definition) is 6. The van der Waals surface area contributed by atoms with Crippen molar-refractivity contribution in [3.63, 3.8) is 0 Å². The van der Waals surface area contributed by atoms with Gasteiger partial charge in [-0.1, -0.05) is 18.2 Å². The Labute approximate surface area is 177 Å². The highest BCUT2D eigenvalue weighted by atomic mass is 32.1. The second-order valence-electron chi connectivity index (χ2n) is 6.39. The molecule has 4 rings (SSSR count). The number of ether oxygens (including phenoxy) is 1. The summed E-state index contributed by atoms with van der Waals surface area (Å²) in [7, 11) is 0. The summed E-state index contributed by atoms with van der Waals surface area (Å²) in [5.41, 5.74) is 2.61. The second kappa shape index (κ2) is 8.71. The van der Waals surface area contributed by atoms with Crippen LogP contribution in [-0.2, 0) is 16.1 Å². The fourth-order valence-electron chi connectivity index (χ4n) is 2.86. The number of carbonyl (C=O) groups excluding carboxylic acids is 2. The molecule has 0 radical (unpaired) electrons. The minimum atomic E-state index is -0.442. The fraction of sp³-hybridized carbons (Fsp3) is 0.0909. The molecular formula is C22H18N4O3S. The molecule has 0 aliphatic heterocycles. The average molecular weight is 418 g/mol. The van der Waals surface area contributed by atoms with Gasteiger partial charge in [-0.2, -0.15) is 5.10 Å². The molecule has 0 aliphatic carbocycles. The summed E-state index contributed by atoms with van der Waals surface area (Å²) >= 11 is 1.32. The Hall–Kier alpha value is -3.78. The molecule has 0 unspecified atom stereocenters. The average Bonchev–Trinajstić information content (AvgIpc) is 3.45. The van der Waals surface area contributed by atoms with E-state index in [4.69, 9.17) is 4.74 Å². The number of anilines is 2. The Balaban J connectivity index is 1.41. The Kier molecular flexibility index (Phi) is 5.67. The van der Waals surface area contributed by atoms with Gasteiger partial charge in [0, 0.05) is 24.7 Å². The molecular weight excluding hydrogens is 400 g/mol. The molecule has 0 N–H and O–H groups in total. The Morgan fingerprint density at radius 1 is 1.07 bits per heavy atom. The summed E-state index contributed by atoms with van der Waals surface area (Å²) in [5, 5.41) is 6.46. The third kappa shape index (κ3) is 4.28. The van der Waals surface area contributed by atoms with Crippen LogP contribution in [0.5, 0.6) is 0 Å². The van der Waals surface area contributed by atoms with E-state index in [0.29, 0.717) is 16.4 Å². The van der Waals surface area contributed by atoms with Gasteiger partial charge in [-0.3, -0.25) is 9.69 Å². The quantitative estimate of drug-likeness (QED) is 0.435. The lowest BCUT2D eigenvalue weighted by atomic mass is 10.2. The minimum absolute atomic E-state index is 0.0246. The number of aromatic nitrogens is 3. The first-order valence-electron chi connectivity index (χ1n) is 9.19. The number of benzene rings is 2. The van der Waals surface area contributed by atoms with Crippen molar-refractivity contribution in [1.29, 1.82) is 0 Å². The van der Waals surface area contributed by atoms with Crippen molar-refractivity contribution >= 4 is 34.0 Å². The van der Waals surface area contributed by atoms with Crippen molar-refractivity contribution in [3.8, 4) is 5.69 Å². The molecule has 0 bridgehead atoms. The first-order valence-corrected chi connectivity index (χ1v) is 10.1. The van der Waals surface area contributed by atoms with E-state index in [1.165, 1.54) is 23.2 Å². The van der Waals surface area contributed by atoms with E-state index in [-0.39, 0.29) is 12.5 Å². The molecule has 0 saturated carbocycles. The monoisotopic (exact) mass is 418 g/mol. The van der Waals surface area contributed by atoms with Crippen LogP contribution in [0.1, 0.15) is 23.0 Å². The van der Waals surface area contributed by atoms with Gasteiger partial charge in [0.1, 0.15) is 6.61 Å². The molecule has 0 atom stereocenters. The topological polar surface area (TPSA) is 77.3 Å². The van der Waals surface area contributed by atoms with Crippen molar-refractivity contribution in [1.82, 2.24) is 14.8 Å². The van der Waals surface area contributed by atoms with Crippen LogP contribution < -0.4 is 4.90 Å². The van der Waals surface area contributed by atoms with Crippen LogP contribution in [0.25, 0.3) is 5.69 Å². The van der Waals surface area contributed by atoms with Crippen molar-refractivity contribution in [2.75, 3.05) is 4.90 Å². The number of para-hydroxylation sites is 1. The Morgan fingerprint density at radius 3 is 2.50 bits per heavy atom. The number of nitrogens with zero attached hydrogens (tertiary/aromatic N) is 4. The van der Waals surface area contributed by atoms with Crippen LogP contribution in [0.4, 0.5) is 10.8 Å². The molecule has 0 saturated heterocycles. The maximum Gasteiger partial charge on any atom is 0.338 e. The summed E-state index contributed by atoms with van der Waals surface area (Å²) in [4.78, 5) is 30.5. The van der Waals surface area contributed by atoms with Gasteiger partial charge in [0.2, 0.25) is 5.91 Å². The smallest absolute Gasteiger partial charge is 0.338 e. The van der Waals surface area contributed by atoms with Crippen molar-refractivity contribution in [3.05, 3.63) is 89.7 Å². The van der Waals surface area contributed by atoms with E-state index in [2.05, 4.69) is 10.1 Å². The molecule has 0 aliphatic rings. The maximum atomic E-state index is 12.4. The summed E-state index contributed by atoms with van der Waals surface area (Å²) < 4.78 is 7.09. The molecule has 150 valence electrons. The molecule has 2 aromatic heterocycles. The number of hydrogen-bond donors (Lipinski definition) is 0. The lowest BCUT2D eigenvalue weighted by Gasteiger charge is -2.17. The van der Waals surface area contributed by atoms with Crippen molar-refractivity contribution in [2.45, 2.75) is 13.5 Å². The third-order valence-electron chi connectivity index (χ3n) is 4.28. The number of rotatable bonds is 6. The largest absolute Gasteiger partial charge is 0.456 e. The fourth-order valence-corrected chi connectivity index (χ4v) is 3.74. The molecule has 4 aromatic rings. The molecule has 0 fully saturated rings. The Bertz CT molecular complexity index is 1140. The number of esters is 1. The van der Waals surface area contributed by atoms with Crippen molar-refractivity contribution < 1.29 is 14.3 Å². The van der Waals surface area contributed by atoms with Gasteiger partial charge >= 0.3 is 5.97 Å². The molecule has 7 nitrogen and oxygen atoms in total. The van der Waals surface area contributed by atoms with Crippen LogP contribution in [0.3, 0.4) is 0 Å². The van der Waals surface area contributed by atoms with Crippen molar-refractivity contribution in [2.24, 2.45) is 0 Å². The van der Waals surface area contributed by atoms with E-state index in [1.807, 2.05) is 42.6 Å². The normalized spacial score (nSPS) is 10.6. The highest BCUT2D eigenvalue weighted by Gasteiger charge is 2.18. The summed E-state index contributed by atoms with van der Waals surface area (Å²) in [6.07, 6.45) is 3.52. The van der Waals surface area contributed by atoms with Gasteiger partial charge in [0.15, 0.2) is 5.13 Å². The summed E-state index contributed by atoms with van der Waals surface area (Å²) in [5.74, 6) is -0.584. The third-order valence-corrected chi connectivity index (χ3v) is 5.16. The van der Waals surface area contributed by atoms with Crippen LogP contribution in [0.15, 0.2) is 78.4 Å². The van der Waals surface area contributed by atoms with Crippen LogP contribution in [0.2, 0.25) is 0 Å². The zero-order chi connectivity index (χ0) is 20.9. The van der Waals surface area contributed by atoms with Gasteiger partial charge in [-0.25, -0.2) is 14.5 Å². The van der Waals surface area contributed by atoms with Crippen LogP contribution in [0, 0.1) is 0 Å². The van der Waals surface area contributed by atoms with Crippen LogP contribution in [-0.4, -0.2) is 26.6 Å². The highest BCUT2D eigenvalue weighted by Crippen LogP contribution is 2.29. The van der Waals surface area contributed by atoms with Crippen LogP contribution >= 0.6 is 11.3 Å². The van der Waals surface area contributed by atoms with Gasteiger partial charge in [-0.15, -0.1) is 11.3 Å². The van der Waals surface area contributed by atoms with Gasteiger partial charge in [0.25, 0.3) is 0 Å². The van der Waals surface area contributed by atoms with E-state index in [0.717, 1.165) is 11.4 Å². The Morgan fingerprint density at radius 2 is 1.83 bits per heavy atom. The highest BCUT2D eigenvalue weighted by molar-refractivity contribution is 7.14. The standard InChI is InChI=1S/C22H18N4O3S/c1-16(27)26(20-6-3-2-4-7-20)22-24-18(15-30-22)14-29-21(28)17-8-10-19(11-9-17)25-13-5-12-23-25/h2-13,15H,14H2,1H3. The molecule has 30 heavy (non-hydrogen) atoms. The first kappa shape index (κ1) is 19.5. The number of carbonyl (C=O) groups is 2. The van der Waals surface area contributed by atoms with Gasteiger partial charge in [-0.05, 0) is 42.5 Å². The first-order chi connectivity index (χ1) is 14.6. The minimum Gasteiger partial charge on any atom is -0.456 e.